The van der Waals surface area contributed by atoms with Gasteiger partial charge < -0.3 is 10.5 Å². The smallest absolute Gasteiger partial charge is 0.317 e. The highest BCUT2D eigenvalue weighted by Gasteiger charge is 1.99. The predicted octanol–water partition coefficient (Wildman–Crippen LogP) is 2.36. The summed E-state index contributed by atoms with van der Waals surface area (Å²) in [6.07, 6.45) is 1.51. The van der Waals surface area contributed by atoms with E-state index in [-0.39, 0.29) is 0 Å². The van der Waals surface area contributed by atoms with Gasteiger partial charge in [0.05, 0.1) is 6.20 Å². The molecule has 2 aromatic rings. The zero-order valence-electron chi connectivity index (χ0n) is 8.96. The summed E-state index contributed by atoms with van der Waals surface area (Å²) in [5.74, 6) is 1.70. The highest BCUT2D eigenvalue weighted by molar-refractivity contribution is 5.86. The van der Waals surface area contributed by atoms with E-state index in [1.807, 2.05) is 30.3 Å². The van der Waals surface area contributed by atoms with E-state index in [1.54, 1.807) is 12.1 Å². The molecule has 3 N–H and O–H groups in total. The van der Waals surface area contributed by atoms with E-state index in [1.165, 1.54) is 6.20 Å². The van der Waals surface area contributed by atoms with Crippen molar-refractivity contribution in [3.63, 3.8) is 0 Å². The molecule has 0 saturated heterocycles. The Morgan fingerprint density at radius 3 is 2.47 bits per heavy atom. The van der Waals surface area contributed by atoms with Crippen molar-refractivity contribution < 1.29 is 9.53 Å². The second kappa shape index (κ2) is 4.98. The van der Waals surface area contributed by atoms with Gasteiger partial charge in [0.2, 0.25) is 0 Å². The Bertz CT molecular complexity index is 497. The molecule has 1 aromatic carbocycles. The van der Waals surface area contributed by atoms with E-state index >= 15 is 0 Å². The number of rotatable bonds is 3. The molecule has 86 valence electrons. The number of hydrogen-bond donors (Lipinski definition) is 2. The number of anilines is 1. The lowest BCUT2D eigenvalue weighted by molar-refractivity contribution is 0.259. The van der Waals surface area contributed by atoms with Gasteiger partial charge in [-0.2, -0.15) is 0 Å². The van der Waals surface area contributed by atoms with Crippen molar-refractivity contribution in [2.45, 2.75) is 0 Å². The van der Waals surface area contributed by atoms with Crippen LogP contribution in [0.3, 0.4) is 0 Å². The molecule has 0 bridgehead atoms. The minimum absolute atomic E-state index is 0.387. The molecule has 0 unspecified atom stereocenters. The van der Waals surface area contributed by atoms with Crippen molar-refractivity contribution in [2.75, 3.05) is 5.32 Å². The number of carbonyl (C=O) groups excluding carboxylic acids is 1. The molecule has 0 aliphatic heterocycles. The fraction of sp³-hybridized carbons (Fsp3) is 0. The number of nitrogens with one attached hydrogen (secondary N) is 1. The van der Waals surface area contributed by atoms with E-state index in [0.29, 0.717) is 11.6 Å². The molecule has 0 saturated carbocycles. The lowest BCUT2D eigenvalue weighted by atomic mass is 10.3. The number of amides is 2. The molecule has 0 aliphatic rings. The highest BCUT2D eigenvalue weighted by Crippen LogP contribution is 2.20. The van der Waals surface area contributed by atoms with Crippen molar-refractivity contribution in [1.29, 1.82) is 0 Å². The third kappa shape index (κ3) is 3.20. The fourth-order valence-corrected chi connectivity index (χ4v) is 1.27. The van der Waals surface area contributed by atoms with Gasteiger partial charge in [-0.1, -0.05) is 18.2 Å². The second-order valence-corrected chi connectivity index (χ2v) is 3.28. The largest absolute Gasteiger partial charge is 0.456 e. The van der Waals surface area contributed by atoms with Crippen LogP contribution in [0.15, 0.2) is 48.7 Å². The standard InChI is InChI=1S/C12H11N3O2/c13-12(16)15-11-7-6-10(8-14-11)17-9-4-2-1-3-5-9/h1-8H,(H3,13,14,15,16). The number of benzene rings is 1. The average molecular weight is 229 g/mol. The first kappa shape index (κ1) is 10.9. The number of urea groups is 1. The van der Waals surface area contributed by atoms with Crippen LogP contribution < -0.4 is 15.8 Å². The Balaban J connectivity index is 2.06. The Labute approximate surface area is 98.2 Å². The van der Waals surface area contributed by atoms with Crippen molar-refractivity contribution in [3.8, 4) is 11.5 Å². The van der Waals surface area contributed by atoms with E-state index in [9.17, 15) is 4.79 Å². The van der Waals surface area contributed by atoms with Gasteiger partial charge in [0.15, 0.2) is 0 Å². The molecule has 2 amide bonds. The molecule has 1 heterocycles. The van der Waals surface area contributed by atoms with Gasteiger partial charge in [0.1, 0.15) is 17.3 Å². The molecule has 17 heavy (non-hydrogen) atoms. The first-order valence-electron chi connectivity index (χ1n) is 4.99. The summed E-state index contributed by atoms with van der Waals surface area (Å²) in [5.41, 5.74) is 4.96. The first-order valence-corrected chi connectivity index (χ1v) is 4.99. The van der Waals surface area contributed by atoms with Crippen LogP contribution >= 0.6 is 0 Å². The van der Waals surface area contributed by atoms with Gasteiger partial charge >= 0.3 is 6.03 Å². The van der Waals surface area contributed by atoms with Gasteiger partial charge in [-0.25, -0.2) is 9.78 Å². The number of carbonyl (C=O) groups is 1. The zero-order valence-corrected chi connectivity index (χ0v) is 8.96. The maximum Gasteiger partial charge on any atom is 0.317 e. The highest BCUT2D eigenvalue weighted by atomic mass is 16.5. The topological polar surface area (TPSA) is 77.2 Å². The predicted molar refractivity (Wildman–Crippen MR) is 64.0 cm³/mol. The number of hydrogen-bond acceptors (Lipinski definition) is 3. The fourth-order valence-electron chi connectivity index (χ4n) is 1.27. The number of para-hydroxylation sites is 1. The number of nitrogens with two attached hydrogens (primary N) is 1. The summed E-state index contributed by atoms with van der Waals surface area (Å²) in [6, 6.07) is 12.0. The average Bonchev–Trinajstić information content (AvgIpc) is 2.32. The van der Waals surface area contributed by atoms with Crippen molar-refractivity contribution >= 4 is 11.8 Å². The van der Waals surface area contributed by atoms with Crippen LogP contribution in [0.2, 0.25) is 0 Å². The number of aromatic nitrogens is 1. The van der Waals surface area contributed by atoms with Gasteiger partial charge in [0.25, 0.3) is 0 Å². The maximum atomic E-state index is 10.6. The molecular formula is C12H11N3O2. The first-order chi connectivity index (χ1) is 8.24. The van der Waals surface area contributed by atoms with Crippen LogP contribution in [0.25, 0.3) is 0 Å². The van der Waals surface area contributed by atoms with Gasteiger partial charge in [-0.05, 0) is 24.3 Å². The number of nitrogens with zero attached hydrogens (tertiary/aromatic N) is 1. The molecule has 0 aliphatic carbocycles. The third-order valence-electron chi connectivity index (χ3n) is 1.97. The number of ether oxygens (including phenoxy) is 1. The van der Waals surface area contributed by atoms with Crippen LogP contribution in [-0.2, 0) is 0 Å². The van der Waals surface area contributed by atoms with Crippen molar-refractivity contribution in [2.24, 2.45) is 5.73 Å². The zero-order chi connectivity index (χ0) is 12.1. The van der Waals surface area contributed by atoms with Crippen LogP contribution in [0, 0.1) is 0 Å². The molecule has 5 heteroatoms. The lowest BCUT2D eigenvalue weighted by Crippen LogP contribution is -2.19. The summed E-state index contributed by atoms with van der Waals surface area (Å²) < 4.78 is 5.53. The number of primary amides is 1. The maximum absolute atomic E-state index is 10.6. The van der Waals surface area contributed by atoms with E-state index in [2.05, 4.69) is 10.3 Å². The summed E-state index contributed by atoms with van der Waals surface area (Å²) in [5, 5.41) is 2.37. The quantitative estimate of drug-likeness (QED) is 0.848. The molecular weight excluding hydrogens is 218 g/mol. The molecule has 0 fully saturated rings. The Morgan fingerprint density at radius 1 is 1.12 bits per heavy atom. The second-order valence-electron chi connectivity index (χ2n) is 3.28. The van der Waals surface area contributed by atoms with Gasteiger partial charge in [0, 0.05) is 0 Å². The third-order valence-corrected chi connectivity index (χ3v) is 1.97. The molecule has 5 nitrogen and oxygen atoms in total. The van der Waals surface area contributed by atoms with Crippen LogP contribution in [0.4, 0.5) is 10.6 Å². The van der Waals surface area contributed by atoms with Crippen molar-refractivity contribution in [3.05, 3.63) is 48.7 Å². The normalized spacial score (nSPS) is 9.65. The molecule has 1 aromatic heterocycles. The SMILES string of the molecule is NC(=O)Nc1ccc(Oc2ccccc2)cn1. The molecule has 0 atom stereocenters. The minimum atomic E-state index is -0.644. The summed E-state index contributed by atoms with van der Waals surface area (Å²) in [6.45, 7) is 0. The summed E-state index contributed by atoms with van der Waals surface area (Å²) in [7, 11) is 0. The lowest BCUT2D eigenvalue weighted by Gasteiger charge is -2.05. The Hall–Kier alpha value is -2.56. The molecule has 0 spiro atoms. The van der Waals surface area contributed by atoms with Crippen LogP contribution in [-0.4, -0.2) is 11.0 Å². The summed E-state index contributed by atoms with van der Waals surface area (Å²) in [4.78, 5) is 14.6. The molecule has 0 radical (unpaired) electrons. The monoisotopic (exact) mass is 229 g/mol. The van der Waals surface area contributed by atoms with Crippen LogP contribution in [0.5, 0.6) is 11.5 Å². The van der Waals surface area contributed by atoms with Crippen molar-refractivity contribution in [1.82, 2.24) is 4.98 Å². The Morgan fingerprint density at radius 2 is 1.88 bits per heavy atom. The van der Waals surface area contributed by atoms with Gasteiger partial charge in [-0.15, -0.1) is 0 Å². The number of pyridine rings is 1. The van der Waals surface area contributed by atoms with E-state index in [4.69, 9.17) is 10.5 Å². The van der Waals surface area contributed by atoms with Crippen LogP contribution in [0.1, 0.15) is 0 Å². The van der Waals surface area contributed by atoms with E-state index in [0.717, 1.165) is 5.75 Å². The molecule has 2 rings (SSSR count). The minimum Gasteiger partial charge on any atom is -0.456 e. The Kier molecular flexibility index (Phi) is 3.20. The van der Waals surface area contributed by atoms with Gasteiger partial charge in [-0.3, -0.25) is 5.32 Å². The van der Waals surface area contributed by atoms with E-state index < -0.39 is 6.03 Å². The summed E-state index contributed by atoms with van der Waals surface area (Å²) >= 11 is 0.